The summed E-state index contributed by atoms with van der Waals surface area (Å²) in [6.45, 7) is 7.58. The van der Waals surface area contributed by atoms with Crippen LogP contribution in [-0.4, -0.2) is 77.3 Å². The van der Waals surface area contributed by atoms with Gasteiger partial charge < -0.3 is 14.8 Å². The zero-order valence-corrected chi connectivity index (χ0v) is 16.7. The van der Waals surface area contributed by atoms with E-state index in [-0.39, 0.29) is 5.92 Å². The number of likely N-dealkylation sites (tertiary alicyclic amines) is 2. The molecule has 9 heteroatoms. The van der Waals surface area contributed by atoms with Gasteiger partial charge in [0.2, 0.25) is 0 Å². The van der Waals surface area contributed by atoms with E-state index in [1.54, 1.807) is 6.20 Å². The van der Waals surface area contributed by atoms with E-state index in [1.165, 1.54) is 4.90 Å². The highest BCUT2D eigenvalue weighted by Crippen LogP contribution is 2.28. The summed E-state index contributed by atoms with van der Waals surface area (Å²) in [6, 6.07) is 0.342. The minimum atomic E-state index is -4.13. The van der Waals surface area contributed by atoms with Gasteiger partial charge in [0.25, 0.3) is 0 Å². The summed E-state index contributed by atoms with van der Waals surface area (Å²) in [7, 11) is 0. The molecule has 158 valence electrons. The highest BCUT2D eigenvalue weighted by molar-refractivity contribution is 5.80. The van der Waals surface area contributed by atoms with Crippen LogP contribution < -0.4 is 5.32 Å². The zero-order chi connectivity index (χ0) is 20.1. The fourth-order valence-electron chi connectivity index (χ4n) is 4.20. The van der Waals surface area contributed by atoms with E-state index in [1.807, 2.05) is 19.4 Å². The first-order chi connectivity index (χ1) is 13.4. The van der Waals surface area contributed by atoms with Gasteiger partial charge in [-0.25, -0.2) is 4.98 Å². The molecule has 6 nitrogen and oxygen atoms in total. The molecule has 3 atom stereocenters. The SMILES string of the molecule is CCNC(=NCC1CCN(CC(F)(F)F)C1)N1CCC(C)C(n2ccnc2)C1. The second-order valence-electron chi connectivity index (χ2n) is 7.99. The molecule has 28 heavy (non-hydrogen) atoms. The van der Waals surface area contributed by atoms with Crippen molar-refractivity contribution in [3.8, 4) is 0 Å². The molecule has 2 fully saturated rings. The molecule has 2 aliphatic heterocycles. The zero-order valence-electron chi connectivity index (χ0n) is 16.7. The van der Waals surface area contributed by atoms with E-state index in [0.29, 0.717) is 31.6 Å². The molecule has 1 aromatic rings. The molecule has 0 aromatic carbocycles. The van der Waals surface area contributed by atoms with Crippen LogP contribution in [0.5, 0.6) is 0 Å². The maximum absolute atomic E-state index is 12.6. The Morgan fingerprint density at radius 1 is 1.25 bits per heavy atom. The summed E-state index contributed by atoms with van der Waals surface area (Å²) in [5, 5.41) is 3.36. The number of hydrogen-bond acceptors (Lipinski definition) is 3. The third-order valence-electron chi connectivity index (χ3n) is 5.73. The first-order valence-corrected chi connectivity index (χ1v) is 10.2. The summed E-state index contributed by atoms with van der Waals surface area (Å²) in [5.41, 5.74) is 0. The third kappa shape index (κ3) is 5.62. The van der Waals surface area contributed by atoms with Crippen molar-refractivity contribution in [2.24, 2.45) is 16.8 Å². The fourth-order valence-corrected chi connectivity index (χ4v) is 4.20. The molecular formula is C19H31F3N6. The Morgan fingerprint density at radius 2 is 2.07 bits per heavy atom. The summed E-state index contributed by atoms with van der Waals surface area (Å²) >= 11 is 0. The smallest absolute Gasteiger partial charge is 0.357 e. The summed E-state index contributed by atoms with van der Waals surface area (Å²) in [5.74, 6) is 1.61. The van der Waals surface area contributed by atoms with Crippen LogP contribution in [0.2, 0.25) is 0 Å². The molecule has 3 heterocycles. The predicted octanol–water partition coefficient (Wildman–Crippen LogP) is 2.62. The molecule has 0 bridgehead atoms. The van der Waals surface area contributed by atoms with Gasteiger partial charge in [0.05, 0.1) is 18.9 Å². The van der Waals surface area contributed by atoms with Crippen molar-refractivity contribution in [1.82, 2.24) is 24.7 Å². The first-order valence-electron chi connectivity index (χ1n) is 10.2. The molecule has 3 rings (SSSR count). The van der Waals surface area contributed by atoms with Gasteiger partial charge >= 0.3 is 6.18 Å². The number of imidazole rings is 1. The van der Waals surface area contributed by atoms with Crippen LogP contribution >= 0.6 is 0 Å². The van der Waals surface area contributed by atoms with Crippen molar-refractivity contribution >= 4 is 5.96 Å². The Bertz CT molecular complexity index is 630. The van der Waals surface area contributed by atoms with Crippen molar-refractivity contribution in [2.75, 3.05) is 45.8 Å². The lowest BCUT2D eigenvalue weighted by atomic mass is 9.93. The molecular weight excluding hydrogens is 369 g/mol. The number of halogens is 3. The average molecular weight is 400 g/mol. The van der Waals surface area contributed by atoms with Crippen molar-refractivity contribution in [3.05, 3.63) is 18.7 Å². The minimum Gasteiger partial charge on any atom is -0.357 e. The van der Waals surface area contributed by atoms with Gasteiger partial charge in [-0.3, -0.25) is 9.89 Å². The third-order valence-corrected chi connectivity index (χ3v) is 5.73. The number of aliphatic imine (C=N–C) groups is 1. The van der Waals surface area contributed by atoms with E-state index < -0.39 is 12.7 Å². The van der Waals surface area contributed by atoms with Crippen molar-refractivity contribution in [1.29, 1.82) is 0 Å². The number of alkyl halides is 3. The van der Waals surface area contributed by atoms with Crippen LogP contribution in [0.25, 0.3) is 0 Å². The number of rotatable bonds is 5. The van der Waals surface area contributed by atoms with E-state index in [2.05, 4.69) is 26.7 Å². The van der Waals surface area contributed by atoms with Crippen molar-refractivity contribution in [2.45, 2.75) is 38.9 Å². The van der Waals surface area contributed by atoms with E-state index in [0.717, 1.165) is 38.4 Å². The minimum absolute atomic E-state index is 0.184. The number of nitrogens with zero attached hydrogens (tertiary/aromatic N) is 5. The number of guanidine groups is 1. The van der Waals surface area contributed by atoms with Crippen LogP contribution in [0.15, 0.2) is 23.7 Å². The summed E-state index contributed by atoms with van der Waals surface area (Å²) in [6.07, 6.45) is 3.38. The van der Waals surface area contributed by atoms with E-state index in [9.17, 15) is 13.2 Å². The Labute approximate surface area is 164 Å². The van der Waals surface area contributed by atoms with E-state index in [4.69, 9.17) is 4.99 Å². The standard InChI is InChI=1S/C19H31F3N6/c1-3-24-18(25-10-16-5-7-26(11-16)13-19(20,21)22)27-8-4-15(2)17(12-27)28-9-6-23-14-28/h6,9,14-17H,3-5,7-8,10-13H2,1-2H3,(H,24,25). The van der Waals surface area contributed by atoms with Gasteiger partial charge in [-0.05, 0) is 38.1 Å². The van der Waals surface area contributed by atoms with Crippen molar-refractivity contribution < 1.29 is 13.2 Å². The monoisotopic (exact) mass is 400 g/mol. The average Bonchev–Trinajstić information content (AvgIpc) is 3.30. The van der Waals surface area contributed by atoms with Crippen molar-refractivity contribution in [3.63, 3.8) is 0 Å². The highest BCUT2D eigenvalue weighted by Gasteiger charge is 2.34. The molecule has 0 aliphatic carbocycles. The number of hydrogen-bond donors (Lipinski definition) is 1. The predicted molar refractivity (Wildman–Crippen MR) is 103 cm³/mol. The topological polar surface area (TPSA) is 48.7 Å². The molecule has 3 unspecified atom stereocenters. The van der Waals surface area contributed by atoms with Crippen LogP contribution in [0.3, 0.4) is 0 Å². The van der Waals surface area contributed by atoms with Gasteiger partial charge in [-0.1, -0.05) is 6.92 Å². The number of aromatic nitrogens is 2. The van der Waals surface area contributed by atoms with Gasteiger partial charge in [-0.2, -0.15) is 13.2 Å². The van der Waals surface area contributed by atoms with Gasteiger partial charge in [-0.15, -0.1) is 0 Å². The molecule has 2 aliphatic rings. The quantitative estimate of drug-likeness (QED) is 0.610. The number of nitrogens with one attached hydrogen (secondary N) is 1. The Morgan fingerprint density at radius 3 is 2.75 bits per heavy atom. The maximum atomic E-state index is 12.6. The Kier molecular flexibility index (Phi) is 6.85. The molecule has 0 amide bonds. The molecule has 2 saturated heterocycles. The van der Waals surface area contributed by atoms with Crippen LogP contribution in [0, 0.1) is 11.8 Å². The molecule has 0 saturated carbocycles. The number of piperidine rings is 1. The maximum Gasteiger partial charge on any atom is 0.401 e. The van der Waals surface area contributed by atoms with Crippen LogP contribution in [-0.2, 0) is 0 Å². The van der Waals surface area contributed by atoms with Gasteiger partial charge in [0, 0.05) is 45.1 Å². The Balaban J connectivity index is 1.60. The summed E-state index contributed by atoms with van der Waals surface area (Å²) in [4.78, 5) is 12.7. The second kappa shape index (κ2) is 9.15. The fraction of sp³-hybridized carbons (Fsp3) is 0.789. The highest BCUT2D eigenvalue weighted by atomic mass is 19.4. The second-order valence-corrected chi connectivity index (χ2v) is 7.99. The summed E-state index contributed by atoms with van der Waals surface area (Å²) < 4.78 is 39.9. The molecule has 1 aromatic heterocycles. The molecule has 0 spiro atoms. The lowest BCUT2D eigenvalue weighted by molar-refractivity contribution is -0.143. The van der Waals surface area contributed by atoms with Gasteiger partial charge in [0.15, 0.2) is 5.96 Å². The van der Waals surface area contributed by atoms with Gasteiger partial charge in [0.1, 0.15) is 0 Å². The van der Waals surface area contributed by atoms with Crippen LogP contribution in [0.1, 0.15) is 32.7 Å². The van der Waals surface area contributed by atoms with E-state index >= 15 is 0 Å². The lowest BCUT2D eigenvalue weighted by Crippen LogP contribution is -2.49. The Hall–Kier alpha value is -1.77. The van der Waals surface area contributed by atoms with Crippen LogP contribution in [0.4, 0.5) is 13.2 Å². The molecule has 0 radical (unpaired) electrons. The molecule has 1 N–H and O–H groups in total. The first kappa shape index (κ1) is 21.0. The normalized spacial score (nSPS) is 27.4. The largest absolute Gasteiger partial charge is 0.401 e. The lowest BCUT2D eigenvalue weighted by Gasteiger charge is -2.39.